The van der Waals surface area contributed by atoms with Gasteiger partial charge in [0.25, 0.3) is 5.91 Å². The molecule has 1 aliphatic rings. The highest BCUT2D eigenvalue weighted by atomic mass is 16.1. The van der Waals surface area contributed by atoms with Gasteiger partial charge in [-0.3, -0.25) is 9.79 Å². The number of carbonyl (C=O) groups is 1. The molecule has 0 heterocycles. The quantitative estimate of drug-likeness (QED) is 0.386. The highest BCUT2D eigenvalue weighted by Gasteiger charge is 2.13. The van der Waals surface area contributed by atoms with Crippen LogP contribution in [0.3, 0.4) is 0 Å². The Hall–Kier alpha value is -2.04. The molecule has 1 aromatic rings. The average molecular weight is 345 g/mol. The zero-order valence-corrected chi connectivity index (χ0v) is 15.6. The van der Waals surface area contributed by atoms with Crippen LogP contribution in [0.2, 0.25) is 0 Å². The maximum absolute atomic E-state index is 11.5. The first-order chi connectivity index (χ1) is 12.2. The van der Waals surface area contributed by atoms with Gasteiger partial charge in [0.05, 0.1) is 0 Å². The van der Waals surface area contributed by atoms with Crippen LogP contribution < -0.4 is 16.0 Å². The van der Waals surface area contributed by atoms with Crippen LogP contribution >= 0.6 is 0 Å². The predicted molar refractivity (Wildman–Crippen MR) is 104 cm³/mol. The SMILES string of the molecule is CN=C(NCCCCC1CCCC1)NCc1ccc(C(=O)NC)cc1. The van der Waals surface area contributed by atoms with Gasteiger partial charge in [0.15, 0.2) is 5.96 Å². The third-order valence-corrected chi connectivity index (χ3v) is 4.93. The Balaban J connectivity index is 1.63. The van der Waals surface area contributed by atoms with Gasteiger partial charge in [-0.1, -0.05) is 50.7 Å². The highest BCUT2D eigenvalue weighted by molar-refractivity contribution is 5.93. The fourth-order valence-corrected chi connectivity index (χ4v) is 3.39. The van der Waals surface area contributed by atoms with Crippen LogP contribution in [0.4, 0.5) is 0 Å². The Morgan fingerprint density at radius 3 is 2.48 bits per heavy atom. The number of unbranched alkanes of at least 4 members (excludes halogenated alkanes) is 1. The lowest BCUT2D eigenvalue weighted by molar-refractivity contribution is 0.0963. The first-order valence-electron chi connectivity index (χ1n) is 9.48. The van der Waals surface area contributed by atoms with Crippen molar-refractivity contribution >= 4 is 11.9 Å². The molecule has 25 heavy (non-hydrogen) atoms. The molecule has 1 amide bonds. The first-order valence-corrected chi connectivity index (χ1v) is 9.48. The summed E-state index contributed by atoms with van der Waals surface area (Å²) in [5.74, 6) is 1.75. The number of amides is 1. The molecule has 0 saturated heterocycles. The minimum Gasteiger partial charge on any atom is -0.356 e. The van der Waals surface area contributed by atoms with E-state index in [2.05, 4.69) is 20.9 Å². The smallest absolute Gasteiger partial charge is 0.251 e. The van der Waals surface area contributed by atoms with Crippen molar-refractivity contribution in [1.82, 2.24) is 16.0 Å². The van der Waals surface area contributed by atoms with Crippen molar-refractivity contribution in [1.29, 1.82) is 0 Å². The monoisotopic (exact) mass is 344 g/mol. The number of rotatable bonds is 8. The number of carbonyl (C=O) groups excluding carboxylic acids is 1. The van der Waals surface area contributed by atoms with Crippen molar-refractivity contribution in [3.63, 3.8) is 0 Å². The van der Waals surface area contributed by atoms with E-state index >= 15 is 0 Å². The van der Waals surface area contributed by atoms with E-state index < -0.39 is 0 Å². The standard InChI is InChI=1S/C20H32N4O/c1-21-19(25)18-12-10-17(11-13-18)15-24-20(22-2)23-14-6-5-9-16-7-3-4-8-16/h10-13,16H,3-9,14-15H2,1-2H3,(H,21,25)(H2,22,23,24). The number of nitrogens with one attached hydrogen (secondary N) is 3. The molecule has 0 aromatic heterocycles. The van der Waals surface area contributed by atoms with Gasteiger partial charge in [0, 0.05) is 32.7 Å². The van der Waals surface area contributed by atoms with Gasteiger partial charge in [0.1, 0.15) is 0 Å². The number of benzene rings is 1. The molecule has 1 saturated carbocycles. The van der Waals surface area contributed by atoms with E-state index in [9.17, 15) is 4.79 Å². The van der Waals surface area contributed by atoms with Crippen LogP contribution in [0, 0.1) is 5.92 Å². The summed E-state index contributed by atoms with van der Waals surface area (Å²) in [5, 5.41) is 9.32. The summed E-state index contributed by atoms with van der Waals surface area (Å²) in [5.41, 5.74) is 1.80. The number of hydrogen-bond donors (Lipinski definition) is 3. The normalized spacial score (nSPS) is 15.2. The molecular weight excluding hydrogens is 312 g/mol. The third-order valence-electron chi connectivity index (χ3n) is 4.93. The second-order valence-electron chi connectivity index (χ2n) is 6.77. The molecule has 2 rings (SSSR count). The molecule has 1 aromatic carbocycles. The van der Waals surface area contributed by atoms with Gasteiger partial charge in [-0.2, -0.15) is 0 Å². The van der Waals surface area contributed by atoms with Gasteiger partial charge in [-0.25, -0.2) is 0 Å². The summed E-state index contributed by atoms with van der Waals surface area (Å²) in [6.07, 6.45) is 9.62. The molecule has 1 fully saturated rings. The van der Waals surface area contributed by atoms with Crippen molar-refractivity contribution in [2.45, 2.75) is 51.5 Å². The van der Waals surface area contributed by atoms with Crippen molar-refractivity contribution in [3.05, 3.63) is 35.4 Å². The zero-order chi connectivity index (χ0) is 17.9. The van der Waals surface area contributed by atoms with Gasteiger partial charge >= 0.3 is 0 Å². The van der Waals surface area contributed by atoms with E-state index in [1.165, 1.54) is 44.9 Å². The maximum Gasteiger partial charge on any atom is 0.251 e. The summed E-state index contributed by atoms with van der Waals surface area (Å²) < 4.78 is 0. The van der Waals surface area contributed by atoms with E-state index in [1.54, 1.807) is 14.1 Å². The Labute approximate surface area is 151 Å². The maximum atomic E-state index is 11.5. The van der Waals surface area contributed by atoms with E-state index in [4.69, 9.17) is 0 Å². The average Bonchev–Trinajstić information content (AvgIpc) is 3.17. The first kappa shape index (κ1) is 19.3. The Kier molecular flexibility index (Phi) is 8.29. The van der Waals surface area contributed by atoms with E-state index in [1.807, 2.05) is 24.3 Å². The van der Waals surface area contributed by atoms with Crippen molar-refractivity contribution in [3.8, 4) is 0 Å². The van der Waals surface area contributed by atoms with Crippen LogP contribution in [0.5, 0.6) is 0 Å². The lowest BCUT2D eigenvalue weighted by Crippen LogP contribution is -2.37. The summed E-state index contributed by atoms with van der Waals surface area (Å²) in [6.45, 7) is 1.65. The number of guanidine groups is 1. The van der Waals surface area contributed by atoms with E-state index in [-0.39, 0.29) is 5.91 Å². The molecule has 5 nitrogen and oxygen atoms in total. The second-order valence-corrected chi connectivity index (χ2v) is 6.77. The van der Waals surface area contributed by atoms with Gasteiger partial charge < -0.3 is 16.0 Å². The van der Waals surface area contributed by atoms with Crippen LogP contribution in [0.1, 0.15) is 60.9 Å². The summed E-state index contributed by atoms with van der Waals surface area (Å²) in [4.78, 5) is 15.8. The molecule has 0 unspecified atom stereocenters. The molecule has 0 radical (unpaired) electrons. The molecule has 5 heteroatoms. The lowest BCUT2D eigenvalue weighted by Gasteiger charge is -2.13. The summed E-state index contributed by atoms with van der Waals surface area (Å²) in [6, 6.07) is 7.61. The molecule has 0 aliphatic heterocycles. The van der Waals surface area contributed by atoms with E-state index in [0.29, 0.717) is 12.1 Å². The lowest BCUT2D eigenvalue weighted by atomic mass is 10.0. The molecule has 0 bridgehead atoms. The predicted octanol–water partition coefficient (Wildman–Crippen LogP) is 3.07. The molecule has 3 N–H and O–H groups in total. The number of hydrogen-bond acceptors (Lipinski definition) is 2. The minimum absolute atomic E-state index is 0.0606. The largest absolute Gasteiger partial charge is 0.356 e. The van der Waals surface area contributed by atoms with E-state index in [0.717, 1.165) is 24.0 Å². The third kappa shape index (κ3) is 6.77. The molecular formula is C20H32N4O. The fourth-order valence-electron chi connectivity index (χ4n) is 3.39. The van der Waals surface area contributed by atoms with Gasteiger partial charge in [-0.15, -0.1) is 0 Å². The van der Waals surface area contributed by atoms with Crippen molar-refractivity contribution in [2.75, 3.05) is 20.6 Å². The van der Waals surface area contributed by atoms with Crippen LogP contribution in [0.15, 0.2) is 29.3 Å². The zero-order valence-electron chi connectivity index (χ0n) is 15.6. The van der Waals surface area contributed by atoms with Gasteiger partial charge in [0.2, 0.25) is 0 Å². The van der Waals surface area contributed by atoms with Crippen LogP contribution in [-0.2, 0) is 6.54 Å². The Morgan fingerprint density at radius 1 is 1.12 bits per heavy atom. The molecule has 138 valence electrons. The van der Waals surface area contributed by atoms with Crippen molar-refractivity contribution in [2.24, 2.45) is 10.9 Å². The number of nitrogens with zero attached hydrogens (tertiary/aromatic N) is 1. The van der Waals surface area contributed by atoms with Crippen LogP contribution in [-0.4, -0.2) is 32.5 Å². The minimum atomic E-state index is -0.0606. The van der Waals surface area contributed by atoms with Crippen LogP contribution in [0.25, 0.3) is 0 Å². The number of aliphatic imine (C=N–C) groups is 1. The molecule has 0 atom stereocenters. The fraction of sp³-hybridized carbons (Fsp3) is 0.600. The van der Waals surface area contributed by atoms with Crippen molar-refractivity contribution < 1.29 is 4.79 Å². The molecule has 0 spiro atoms. The summed E-state index contributed by atoms with van der Waals surface area (Å²) in [7, 11) is 3.43. The molecule has 1 aliphatic carbocycles. The second kappa shape index (κ2) is 10.7. The van der Waals surface area contributed by atoms with Gasteiger partial charge in [-0.05, 0) is 30.0 Å². The summed E-state index contributed by atoms with van der Waals surface area (Å²) >= 11 is 0. The Bertz CT molecular complexity index is 547. The topological polar surface area (TPSA) is 65.5 Å². The highest BCUT2D eigenvalue weighted by Crippen LogP contribution is 2.28. The Morgan fingerprint density at radius 2 is 1.84 bits per heavy atom.